The zero-order chi connectivity index (χ0) is 10.8. The lowest BCUT2D eigenvalue weighted by atomic mass is 10.2. The van der Waals surface area contributed by atoms with Gasteiger partial charge in [-0.15, -0.1) is 0 Å². The van der Waals surface area contributed by atoms with Gasteiger partial charge in [-0.2, -0.15) is 0 Å². The van der Waals surface area contributed by atoms with Crippen molar-refractivity contribution in [3.8, 4) is 0 Å². The summed E-state index contributed by atoms with van der Waals surface area (Å²) >= 11 is 0. The Morgan fingerprint density at radius 3 is 2.71 bits per heavy atom. The molecule has 1 heterocycles. The van der Waals surface area contributed by atoms with Crippen molar-refractivity contribution < 1.29 is 9.53 Å². The molecule has 0 saturated heterocycles. The van der Waals surface area contributed by atoms with E-state index in [2.05, 4.69) is 9.97 Å². The molecule has 1 aromatic heterocycles. The maximum Gasteiger partial charge on any atom is 0.331 e. The van der Waals surface area contributed by atoms with Crippen LogP contribution >= 0.6 is 0 Å². The standard InChI is InChI=1S/C9H15N3O2/c1-9(2,3)14-8(13)6(10)7-11-4-5-12-7/h4-6H,10H2,1-3H3,(H,11,12)/t6-/m0/s1. The molecular formula is C9H15N3O2. The van der Waals surface area contributed by atoms with E-state index in [1.165, 1.54) is 0 Å². The SMILES string of the molecule is CC(C)(C)OC(=O)[C@@H](N)c1ncc[nH]1. The first-order valence-corrected chi connectivity index (χ1v) is 4.38. The van der Waals surface area contributed by atoms with Crippen LogP contribution < -0.4 is 5.73 Å². The second kappa shape index (κ2) is 3.79. The predicted octanol–water partition coefficient (Wildman–Crippen LogP) is 0.751. The Morgan fingerprint density at radius 2 is 2.29 bits per heavy atom. The van der Waals surface area contributed by atoms with Crippen LogP contribution in [-0.2, 0) is 9.53 Å². The van der Waals surface area contributed by atoms with Crippen molar-refractivity contribution in [1.82, 2.24) is 9.97 Å². The van der Waals surface area contributed by atoms with Gasteiger partial charge >= 0.3 is 5.97 Å². The molecule has 78 valence electrons. The van der Waals surface area contributed by atoms with Crippen molar-refractivity contribution >= 4 is 5.97 Å². The molecule has 0 amide bonds. The number of ether oxygens (including phenoxy) is 1. The number of hydrogen-bond acceptors (Lipinski definition) is 4. The molecule has 5 heteroatoms. The fourth-order valence-corrected chi connectivity index (χ4v) is 0.924. The molecule has 0 aliphatic rings. The normalized spacial score (nSPS) is 13.7. The topological polar surface area (TPSA) is 81.0 Å². The number of carbonyl (C=O) groups is 1. The highest BCUT2D eigenvalue weighted by Gasteiger charge is 2.24. The molecule has 5 nitrogen and oxygen atoms in total. The van der Waals surface area contributed by atoms with Gasteiger partial charge in [0.1, 0.15) is 11.4 Å². The van der Waals surface area contributed by atoms with Crippen LogP contribution in [0.4, 0.5) is 0 Å². The number of nitrogens with two attached hydrogens (primary N) is 1. The number of imidazole rings is 1. The molecule has 0 radical (unpaired) electrons. The van der Waals surface area contributed by atoms with Gasteiger partial charge in [0, 0.05) is 12.4 Å². The molecule has 0 aromatic carbocycles. The van der Waals surface area contributed by atoms with E-state index in [1.807, 2.05) is 0 Å². The molecule has 0 aliphatic heterocycles. The number of nitrogens with one attached hydrogen (secondary N) is 1. The van der Waals surface area contributed by atoms with Crippen LogP contribution in [0.2, 0.25) is 0 Å². The third kappa shape index (κ3) is 2.85. The summed E-state index contributed by atoms with van der Waals surface area (Å²) in [6.45, 7) is 5.37. The highest BCUT2D eigenvalue weighted by molar-refractivity contribution is 5.76. The zero-order valence-electron chi connectivity index (χ0n) is 8.57. The van der Waals surface area contributed by atoms with Gasteiger partial charge in [-0.3, -0.25) is 0 Å². The highest BCUT2D eigenvalue weighted by Crippen LogP contribution is 2.13. The van der Waals surface area contributed by atoms with Crippen molar-refractivity contribution in [1.29, 1.82) is 0 Å². The summed E-state index contributed by atoms with van der Waals surface area (Å²) in [6, 6.07) is -0.843. The van der Waals surface area contributed by atoms with Gasteiger partial charge in [-0.05, 0) is 20.8 Å². The van der Waals surface area contributed by atoms with Gasteiger partial charge in [-0.25, -0.2) is 9.78 Å². The lowest BCUT2D eigenvalue weighted by Gasteiger charge is -2.21. The third-order valence-corrected chi connectivity index (χ3v) is 1.47. The van der Waals surface area contributed by atoms with Crippen LogP contribution in [0.5, 0.6) is 0 Å². The molecule has 0 fully saturated rings. The van der Waals surface area contributed by atoms with E-state index in [1.54, 1.807) is 33.2 Å². The minimum atomic E-state index is -0.843. The van der Waals surface area contributed by atoms with Gasteiger partial charge in [0.2, 0.25) is 0 Å². The van der Waals surface area contributed by atoms with Crippen molar-refractivity contribution in [2.75, 3.05) is 0 Å². The maximum atomic E-state index is 11.4. The Kier molecular flexibility index (Phi) is 2.90. The maximum absolute atomic E-state index is 11.4. The summed E-state index contributed by atoms with van der Waals surface area (Å²) in [6.07, 6.45) is 3.15. The Labute approximate surface area is 82.7 Å². The number of H-pyrrole nitrogens is 1. The van der Waals surface area contributed by atoms with E-state index in [9.17, 15) is 4.79 Å². The quantitative estimate of drug-likeness (QED) is 0.685. The molecule has 0 spiro atoms. The first kappa shape index (κ1) is 10.7. The van der Waals surface area contributed by atoms with Gasteiger partial charge in [0.05, 0.1) is 0 Å². The van der Waals surface area contributed by atoms with E-state index >= 15 is 0 Å². The van der Waals surface area contributed by atoms with E-state index in [0.29, 0.717) is 5.82 Å². The summed E-state index contributed by atoms with van der Waals surface area (Å²) in [7, 11) is 0. The summed E-state index contributed by atoms with van der Waals surface area (Å²) in [5.74, 6) is -0.0632. The second-order valence-electron chi connectivity index (χ2n) is 3.99. The van der Waals surface area contributed by atoms with E-state index in [-0.39, 0.29) is 0 Å². The average molecular weight is 197 g/mol. The number of esters is 1. The third-order valence-electron chi connectivity index (χ3n) is 1.47. The van der Waals surface area contributed by atoms with Crippen LogP contribution in [-0.4, -0.2) is 21.5 Å². The zero-order valence-corrected chi connectivity index (χ0v) is 8.57. The fourth-order valence-electron chi connectivity index (χ4n) is 0.924. The summed E-state index contributed by atoms with van der Waals surface area (Å²) in [5, 5.41) is 0. The number of aromatic amines is 1. The molecule has 1 aromatic rings. The number of aromatic nitrogens is 2. The van der Waals surface area contributed by atoms with Gasteiger partial charge in [-0.1, -0.05) is 0 Å². The van der Waals surface area contributed by atoms with Gasteiger partial charge in [0.15, 0.2) is 6.04 Å². The minimum Gasteiger partial charge on any atom is -0.458 e. The first-order chi connectivity index (χ1) is 6.40. The molecule has 0 unspecified atom stereocenters. The molecule has 1 atom stereocenters. The monoisotopic (exact) mass is 197 g/mol. The van der Waals surface area contributed by atoms with Crippen molar-refractivity contribution in [3.63, 3.8) is 0 Å². The Bertz CT molecular complexity index is 300. The fraction of sp³-hybridized carbons (Fsp3) is 0.556. The summed E-state index contributed by atoms with van der Waals surface area (Å²) in [5.41, 5.74) is 5.10. The van der Waals surface area contributed by atoms with Crippen LogP contribution in [0.25, 0.3) is 0 Å². The van der Waals surface area contributed by atoms with E-state index in [0.717, 1.165) is 0 Å². The molecular weight excluding hydrogens is 182 g/mol. The molecule has 14 heavy (non-hydrogen) atoms. The lowest BCUT2D eigenvalue weighted by Crippen LogP contribution is -2.32. The van der Waals surface area contributed by atoms with Crippen LogP contribution in [0.1, 0.15) is 32.6 Å². The molecule has 0 aliphatic carbocycles. The van der Waals surface area contributed by atoms with Crippen LogP contribution in [0.3, 0.4) is 0 Å². The average Bonchev–Trinajstić information content (AvgIpc) is 2.51. The minimum absolute atomic E-state index is 0.416. The lowest BCUT2D eigenvalue weighted by molar-refractivity contribution is -0.156. The van der Waals surface area contributed by atoms with Crippen molar-refractivity contribution in [2.24, 2.45) is 5.73 Å². The van der Waals surface area contributed by atoms with Crippen LogP contribution in [0.15, 0.2) is 12.4 Å². The Hall–Kier alpha value is -1.36. The summed E-state index contributed by atoms with van der Waals surface area (Å²) in [4.78, 5) is 18.1. The van der Waals surface area contributed by atoms with Gasteiger partial charge < -0.3 is 15.5 Å². The highest BCUT2D eigenvalue weighted by atomic mass is 16.6. The Morgan fingerprint density at radius 1 is 1.64 bits per heavy atom. The molecule has 3 N–H and O–H groups in total. The molecule has 0 saturated carbocycles. The van der Waals surface area contributed by atoms with E-state index < -0.39 is 17.6 Å². The largest absolute Gasteiger partial charge is 0.458 e. The first-order valence-electron chi connectivity index (χ1n) is 4.38. The van der Waals surface area contributed by atoms with Crippen molar-refractivity contribution in [3.05, 3.63) is 18.2 Å². The molecule has 1 rings (SSSR count). The predicted molar refractivity (Wildman–Crippen MR) is 51.4 cm³/mol. The summed E-state index contributed by atoms with van der Waals surface area (Å²) < 4.78 is 5.10. The second-order valence-corrected chi connectivity index (χ2v) is 3.99. The smallest absolute Gasteiger partial charge is 0.331 e. The Balaban J connectivity index is 2.63. The van der Waals surface area contributed by atoms with Crippen molar-refractivity contribution in [2.45, 2.75) is 32.4 Å². The molecule has 0 bridgehead atoms. The van der Waals surface area contributed by atoms with Crippen LogP contribution in [0, 0.1) is 0 Å². The van der Waals surface area contributed by atoms with Gasteiger partial charge in [0.25, 0.3) is 0 Å². The number of nitrogens with zero attached hydrogens (tertiary/aromatic N) is 1. The number of hydrogen-bond donors (Lipinski definition) is 2. The number of rotatable bonds is 2. The number of carbonyl (C=O) groups excluding carboxylic acids is 1. The van der Waals surface area contributed by atoms with E-state index in [4.69, 9.17) is 10.5 Å².